The van der Waals surface area contributed by atoms with Crippen molar-refractivity contribution in [3.8, 4) is 5.75 Å². The second kappa shape index (κ2) is 12.3. The van der Waals surface area contributed by atoms with Gasteiger partial charge < -0.3 is 20.1 Å². The highest BCUT2D eigenvalue weighted by atomic mass is 35.5. The second-order valence-corrected chi connectivity index (χ2v) is 9.12. The molecular weight excluding hydrogens is 506 g/mol. The average Bonchev–Trinajstić information content (AvgIpc) is 2.92. The molecule has 0 saturated carbocycles. The minimum atomic E-state index is -1.04. The number of nitrogens with zero attached hydrogens (tertiary/aromatic N) is 1. The number of rotatable bonds is 8. The first-order valence-corrected chi connectivity index (χ1v) is 12.4. The molecular formula is C29H28ClN3O5. The molecule has 0 fully saturated rings. The van der Waals surface area contributed by atoms with Crippen molar-refractivity contribution in [3.63, 3.8) is 0 Å². The summed E-state index contributed by atoms with van der Waals surface area (Å²) in [5, 5.41) is 5.83. The number of imide groups is 1. The lowest BCUT2D eigenvalue weighted by Gasteiger charge is -2.36. The van der Waals surface area contributed by atoms with Crippen molar-refractivity contribution >= 4 is 29.6 Å². The Labute approximate surface area is 226 Å². The van der Waals surface area contributed by atoms with E-state index in [2.05, 4.69) is 10.6 Å². The van der Waals surface area contributed by atoms with Crippen LogP contribution < -0.4 is 15.4 Å². The number of esters is 1. The number of halogens is 1. The monoisotopic (exact) mass is 533 g/mol. The average molecular weight is 534 g/mol. The summed E-state index contributed by atoms with van der Waals surface area (Å²) in [4.78, 5) is 40.8. The zero-order chi connectivity index (χ0) is 27.1. The van der Waals surface area contributed by atoms with E-state index in [1.807, 2.05) is 54.6 Å². The molecule has 4 rings (SSSR count). The van der Waals surface area contributed by atoms with Crippen LogP contribution in [0.3, 0.4) is 0 Å². The molecule has 0 bridgehead atoms. The van der Waals surface area contributed by atoms with Gasteiger partial charge in [0.25, 0.3) is 0 Å². The lowest BCUT2D eigenvalue weighted by atomic mass is 9.94. The predicted molar refractivity (Wildman–Crippen MR) is 144 cm³/mol. The molecule has 2 N–H and O–H groups in total. The standard InChI is InChI=1S/C29H28ClN3O5/c1-19-25(27(34)38-18-21-7-4-3-5-8-21)26(22-9-6-10-23(30)17-22)33(29(36)32-19)28(35)31-16-15-20-11-13-24(37-2)14-12-20/h3-14,17,26H,15-16,18H2,1-2H3,(H,31,35)(H,32,36). The highest BCUT2D eigenvalue weighted by Crippen LogP contribution is 2.35. The first-order chi connectivity index (χ1) is 18.4. The number of ether oxygens (including phenoxy) is 2. The third-order valence-electron chi connectivity index (χ3n) is 6.11. The first-order valence-electron chi connectivity index (χ1n) is 12.1. The summed E-state index contributed by atoms with van der Waals surface area (Å²) in [5.74, 6) is 0.0911. The molecule has 0 aromatic heterocycles. The second-order valence-electron chi connectivity index (χ2n) is 8.69. The molecule has 1 atom stereocenters. The summed E-state index contributed by atoms with van der Waals surface area (Å²) in [6, 6.07) is 21.1. The molecule has 196 valence electrons. The van der Waals surface area contributed by atoms with Gasteiger partial charge in [-0.15, -0.1) is 0 Å². The van der Waals surface area contributed by atoms with Gasteiger partial charge in [-0.1, -0.05) is 66.2 Å². The molecule has 38 heavy (non-hydrogen) atoms. The minimum Gasteiger partial charge on any atom is -0.497 e. The van der Waals surface area contributed by atoms with Crippen LogP contribution >= 0.6 is 11.6 Å². The quantitative estimate of drug-likeness (QED) is 0.379. The van der Waals surface area contributed by atoms with Crippen molar-refractivity contribution in [1.82, 2.24) is 15.5 Å². The van der Waals surface area contributed by atoms with E-state index in [4.69, 9.17) is 21.1 Å². The number of carbonyl (C=O) groups is 3. The number of methoxy groups -OCH3 is 1. The van der Waals surface area contributed by atoms with Crippen molar-refractivity contribution in [2.45, 2.75) is 26.0 Å². The van der Waals surface area contributed by atoms with Crippen LogP contribution in [-0.2, 0) is 22.6 Å². The van der Waals surface area contributed by atoms with E-state index in [1.165, 1.54) is 0 Å². The molecule has 0 spiro atoms. The minimum absolute atomic E-state index is 0.0424. The number of hydrogen-bond donors (Lipinski definition) is 2. The van der Waals surface area contributed by atoms with Gasteiger partial charge in [-0.3, -0.25) is 0 Å². The SMILES string of the molecule is COc1ccc(CCNC(=O)N2C(=O)NC(C)=C(C(=O)OCc3ccccc3)C2c2cccc(Cl)c2)cc1. The largest absolute Gasteiger partial charge is 0.497 e. The Morgan fingerprint density at radius 1 is 1.00 bits per heavy atom. The molecule has 4 amide bonds. The maximum Gasteiger partial charge on any atom is 0.338 e. The molecule has 8 nitrogen and oxygen atoms in total. The van der Waals surface area contributed by atoms with Crippen LogP contribution in [0.15, 0.2) is 90.1 Å². The topological polar surface area (TPSA) is 97.0 Å². The molecule has 0 saturated heterocycles. The molecule has 0 aliphatic carbocycles. The maximum atomic E-state index is 13.3. The lowest BCUT2D eigenvalue weighted by molar-refractivity contribution is -0.141. The van der Waals surface area contributed by atoms with E-state index in [9.17, 15) is 14.4 Å². The van der Waals surface area contributed by atoms with Crippen LogP contribution in [0.4, 0.5) is 9.59 Å². The summed E-state index contributed by atoms with van der Waals surface area (Å²) in [5.41, 5.74) is 2.75. The zero-order valence-electron chi connectivity index (χ0n) is 21.1. The van der Waals surface area contributed by atoms with E-state index in [1.54, 1.807) is 38.3 Å². The fraction of sp³-hybridized carbons (Fsp3) is 0.207. The van der Waals surface area contributed by atoms with Gasteiger partial charge in [0.1, 0.15) is 18.4 Å². The Balaban J connectivity index is 1.57. The van der Waals surface area contributed by atoms with Crippen molar-refractivity contribution in [2.24, 2.45) is 0 Å². The number of hydrogen-bond acceptors (Lipinski definition) is 5. The molecule has 1 heterocycles. The summed E-state index contributed by atoms with van der Waals surface area (Å²) in [7, 11) is 1.59. The number of amides is 4. The number of benzene rings is 3. The number of carbonyl (C=O) groups excluding carboxylic acids is 3. The number of nitrogens with one attached hydrogen (secondary N) is 2. The van der Waals surface area contributed by atoms with E-state index < -0.39 is 24.1 Å². The van der Waals surface area contributed by atoms with Gasteiger partial charge >= 0.3 is 18.0 Å². The fourth-order valence-electron chi connectivity index (χ4n) is 4.20. The van der Waals surface area contributed by atoms with Gasteiger partial charge in [0.05, 0.1) is 12.7 Å². The van der Waals surface area contributed by atoms with Crippen molar-refractivity contribution in [2.75, 3.05) is 13.7 Å². The Bertz CT molecular complexity index is 1340. The van der Waals surface area contributed by atoms with E-state index in [0.29, 0.717) is 22.7 Å². The van der Waals surface area contributed by atoms with Crippen molar-refractivity contribution in [1.29, 1.82) is 0 Å². The van der Waals surface area contributed by atoms with Crippen LogP contribution in [0, 0.1) is 0 Å². The molecule has 1 aliphatic heterocycles. The summed E-state index contributed by atoms with van der Waals surface area (Å²) in [6.45, 7) is 1.92. The van der Waals surface area contributed by atoms with Gasteiger partial charge in [0.15, 0.2) is 0 Å². The summed E-state index contributed by atoms with van der Waals surface area (Å²) >= 11 is 6.24. The number of allylic oxidation sites excluding steroid dienone is 1. The highest BCUT2D eigenvalue weighted by Gasteiger charge is 2.42. The van der Waals surface area contributed by atoms with E-state index in [0.717, 1.165) is 21.8 Å². The molecule has 3 aromatic rings. The Kier molecular flexibility index (Phi) is 8.66. The fourth-order valence-corrected chi connectivity index (χ4v) is 4.40. The van der Waals surface area contributed by atoms with Gasteiger partial charge in [0, 0.05) is 17.3 Å². The lowest BCUT2D eigenvalue weighted by Crippen LogP contribution is -2.54. The van der Waals surface area contributed by atoms with Gasteiger partial charge in [-0.2, -0.15) is 0 Å². The van der Waals surface area contributed by atoms with E-state index in [-0.39, 0.29) is 18.7 Å². The molecule has 1 aliphatic rings. The third-order valence-corrected chi connectivity index (χ3v) is 6.35. The van der Waals surface area contributed by atoms with Gasteiger partial charge in [0.2, 0.25) is 0 Å². The first kappa shape index (κ1) is 26.8. The summed E-state index contributed by atoms with van der Waals surface area (Å²) in [6.07, 6.45) is 0.536. The molecule has 3 aromatic carbocycles. The molecule has 1 unspecified atom stereocenters. The van der Waals surface area contributed by atoms with Crippen LogP contribution in [0.1, 0.15) is 29.7 Å². The number of urea groups is 2. The van der Waals surface area contributed by atoms with Crippen LogP contribution in [0.5, 0.6) is 5.75 Å². The summed E-state index contributed by atoms with van der Waals surface area (Å²) < 4.78 is 10.8. The van der Waals surface area contributed by atoms with Crippen molar-refractivity contribution in [3.05, 3.63) is 112 Å². The Hall–Kier alpha value is -4.30. The zero-order valence-corrected chi connectivity index (χ0v) is 21.8. The normalized spacial score (nSPS) is 15.1. The van der Waals surface area contributed by atoms with E-state index >= 15 is 0 Å². The smallest absolute Gasteiger partial charge is 0.338 e. The third kappa shape index (κ3) is 6.33. The molecule has 9 heteroatoms. The highest BCUT2D eigenvalue weighted by molar-refractivity contribution is 6.30. The van der Waals surface area contributed by atoms with Crippen LogP contribution in [-0.4, -0.2) is 36.6 Å². The molecule has 0 radical (unpaired) electrons. The van der Waals surface area contributed by atoms with Crippen LogP contribution in [0.25, 0.3) is 0 Å². The van der Waals surface area contributed by atoms with Gasteiger partial charge in [-0.05, 0) is 54.3 Å². The van der Waals surface area contributed by atoms with Crippen LogP contribution in [0.2, 0.25) is 5.02 Å². The Morgan fingerprint density at radius 3 is 2.42 bits per heavy atom. The Morgan fingerprint density at radius 2 is 1.74 bits per heavy atom. The van der Waals surface area contributed by atoms with Crippen molar-refractivity contribution < 1.29 is 23.9 Å². The maximum absolute atomic E-state index is 13.3. The predicted octanol–water partition coefficient (Wildman–Crippen LogP) is 5.38. The van der Waals surface area contributed by atoms with Gasteiger partial charge in [-0.25, -0.2) is 19.3 Å².